The molecule has 22 heavy (non-hydrogen) atoms. The molecule has 0 bridgehead atoms. The normalized spacial score (nSPS) is 11.1. The first-order valence-electron chi connectivity index (χ1n) is 6.39. The SMILES string of the molecule is Nc1ccc(-c2nn3c(=O)c(-c4cccs4)nnc3s2)cc1. The Morgan fingerprint density at radius 1 is 1.09 bits per heavy atom. The molecule has 0 saturated heterocycles. The molecule has 0 fully saturated rings. The number of thiophene rings is 1. The van der Waals surface area contributed by atoms with Crippen molar-refractivity contribution < 1.29 is 0 Å². The van der Waals surface area contributed by atoms with Crippen LogP contribution in [0.3, 0.4) is 0 Å². The van der Waals surface area contributed by atoms with E-state index in [1.165, 1.54) is 27.2 Å². The van der Waals surface area contributed by atoms with Crippen molar-refractivity contribution in [1.29, 1.82) is 0 Å². The average Bonchev–Trinajstić information content (AvgIpc) is 3.17. The maximum atomic E-state index is 12.5. The fraction of sp³-hybridized carbons (Fsp3) is 0. The van der Waals surface area contributed by atoms with Gasteiger partial charge in [0.1, 0.15) is 5.01 Å². The second kappa shape index (κ2) is 5.00. The second-order valence-electron chi connectivity index (χ2n) is 4.55. The second-order valence-corrected chi connectivity index (χ2v) is 6.46. The molecule has 0 unspecified atom stereocenters. The van der Waals surface area contributed by atoms with Crippen LogP contribution in [-0.4, -0.2) is 19.8 Å². The van der Waals surface area contributed by atoms with Gasteiger partial charge in [-0.2, -0.15) is 9.61 Å². The van der Waals surface area contributed by atoms with Crippen LogP contribution in [0.1, 0.15) is 0 Å². The van der Waals surface area contributed by atoms with E-state index < -0.39 is 0 Å². The number of nitrogens with zero attached hydrogens (tertiary/aromatic N) is 4. The van der Waals surface area contributed by atoms with E-state index in [1.54, 1.807) is 12.1 Å². The number of nitrogen functional groups attached to an aromatic ring is 1. The minimum Gasteiger partial charge on any atom is -0.399 e. The number of hydrogen-bond acceptors (Lipinski definition) is 7. The number of hydrogen-bond donors (Lipinski definition) is 1. The number of nitrogens with two attached hydrogens (primary N) is 1. The summed E-state index contributed by atoms with van der Waals surface area (Å²) in [6.07, 6.45) is 0. The number of aromatic nitrogens is 4. The molecular formula is C14H9N5OS2. The monoisotopic (exact) mass is 327 g/mol. The van der Waals surface area contributed by atoms with Gasteiger partial charge in [-0.3, -0.25) is 4.79 Å². The van der Waals surface area contributed by atoms with Crippen LogP contribution in [0.5, 0.6) is 0 Å². The lowest BCUT2D eigenvalue weighted by Crippen LogP contribution is -2.18. The first kappa shape index (κ1) is 13.1. The third kappa shape index (κ3) is 2.09. The highest BCUT2D eigenvalue weighted by atomic mass is 32.1. The maximum absolute atomic E-state index is 12.5. The molecule has 0 aliphatic carbocycles. The number of anilines is 1. The van der Waals surface area contributed by atoms with Crippen LogP contribution in [0.2, 0.25) is 0 Å². The van der Waals surface area contributed by atoms with E-state index in [2.05, 4.69) is 15.3 Å². The minimum atomic E-state index is -0.259. The summed E-state index contributed by atoms with van der Waals surface area (Å²) in [6, 6.07) is 11.0. The van der Waals surface area contributed by atoms with Crippen molar-refractivity contribution in [3.8, 4) is 21.1 Å². The van der Waals surface area contributed by atoms with Gasteiger partial charge in [0.25, 0.3) is 0 Å². The molecule has 4 rings (SSSR count). The molecule has 1 aromatic carbocycles. The van der Waals surface area contributed by atoms with Crippen molar-refractivity contribution >= 4 is 33.3 Å². The summed E-state index contributed by atoms with van der Waals surface area (Å²) in [6.45, 7) is 0. The van der Waals surface area contributed by atoms with Gasteiger partial charge in [0.15, 0.2) is 5.69 Å². The quantitative estimate of drug-likeness (QED) is 0.572. The summed E-state index contributed by atoms with van der Waals surface area (Å²) in [5.41, 5.74) is 7.32. The van der Waals surface area contributed by atoms with Gasteiger partial charge >= 0.3 is 5.56 Å². The molecule has 4 aromatic rings. The largest absolute Gasteiger partial charge is 0.399 e. The van der Waals surface area contributed by atoms with Gasteiger partial charge in [0.05, 0.1) is 4.88 Å². The molecule has 0 spiro atoms. The third-order valence-electron chi connectivity index (χ3n) is 3.10. The fourth-order valence-electron chi connectivity index (χ4n) is 2.02. The van der Waals surface area contributed by atoms with Crippen LogP contribution in [0.15, 0.2) is 46.6 Å². The Morgan fingerprint density at radius 2 is 1.91 bits per heavy atom. The van der Waals surface area contributed by atoms with Crippen LogP contribution in [-0.2, 0) is 0 Å². The van der Waals surface area contributed by atoms with Crippen molar-refractivity contribution in [2.75, 3.05) is 5.73 Å². The topological polar surface area (TPSA) is 86.2 Å². The van der Waals surface area contributed by atoms with Crippen LogP contribution in [0, 0.1) is 0 Å². The molecule has 0 saturated carbocycles. The molecule has 0 radical (unpaired) electrons. The van der Waals surface area contributed by atoms with Crippen molar-refractivity contribution in [2.24, 2.45) is 0 Å². The molecule has 2 N–H and O–H groups in total. The Hall–Kier alpha value is -2.58. The third-order valence-corrected chi connectivity index (χ3v) is 4.93. The van der Waals surface area contributed by atoms with Gasteiger partial charge in [0, 0.05) is 11.3 Å². The lowest BCUT2D eigenvalue weighted by atomic mass is 10.2. The molecule has 3 aromatic heterocycles. The van der Waals surface area contributed by atoms with Gasteiger partial charge in [-0.1, -0.05) is 17.4 Å². The predicted molar refractivity (Wildman–Crippen MR) is 88.1 cm³/mol. The van der Waals surface area contributed by atoms with Crippen molar-refractivity contribution in [1.82, 2.24) is 19.8 Å². The standard InChI is InChI=1S/C14H9N5OS2/c15-9-5-3-8(4-6-9)12-18-19-13(20)11(10-2-1-7-21-10)16-17-14(19)22-12/h1-7H,15H2. The van der Waals surface area contributed by atoms with E-state index in [1.807, 2.05) is 29.6 Å². The Bertz CT molecular complexity index is 1000. The van der Waals surface area contributed by atoms with Gasteiger partial charge in [-0.05, 0) is 35.7 Å². The molecule has 0 atom stereocenters. The van der Waals surface area contributed by atoms with Gasteiger partial charge in [0.2, 0.25) is 4.96 Å². The summed E-state index contributed by atoms with van der Waals surface area (Å²) in [5, 5.41) is 15.1. The average molecular weight is 327 g/mol. The van der Waals surface area contributed by atoms with E-state index in [0.29, 0.717) is 21.3 Å². The first-order chi connectivity index (χ1) is 10.7. The molecule has 8 heteroatoms. The molecular weight excluding hydrogens is 318 g/mol. The van der Waals surface area contributed by atoms with E-state index in [9.17, 15) is 4.79 Å². The Kier molecular flexibility index (Phi) is 2.98. The summed E-state index contributed by atoms with van der Waals surface area (Å²) in [7, 11) is 0. The number of fused-ring (bicyclic) bond motifs is 1. The minimum absolute atomic E-state index is 0.259. The summed E-state index contributed by atoms with van der Waals surface area (Å²) < 4.78 is 1.30. The summed E-state index contributed by atoms with van der Waals surface area (Å²) in [4.78, 5) is 13.8. The highest BCUT2D eigenvalue weighted by Crippen LogP contribution is 2.25. The van der Waals surface area contributed by atoms with Gasteiger partial charge in [-0.15, -0.1) is 21.5 Å². The van der Waals surface area contributed by atoms with Crippen LogP contribution < -0.4 is 11.3 Å². The smallest absolute Gasteiger partial charge is 0.302 e. The summed E-state index contributed by atoms with van der Waals surface area (Å²) in [5.74, 6) is 0. The molecule has 3 heterocycles. The number of rotatable bonds is 2. The molecule has 6 nitrogen and oxygen atoms in total. The van der Waals surface area contributed by atoms with Gasteiger partial charge < -0.3 is 5.73 Å². The number of benzene rings is 1. The lowest BCUT2D eigenvalue weighted by molar-refractivity contribution is 0.863. The van der Waals surface area contributed by atoms with E-state index in [0.717, 1.165) is 10.4 Å². The lowest BCUT2D eigenvalue weighted by Gasteiger charge is -1.95. The predicted octanol–water partition coefficient (Wildman–Crippen LogP) is 2.52. The Balaban J connectivity index is 1.90. The Labute approximate surface area is 132 Å². The van der Waals surface area contributed by atoms with Crippen molar-refractivity contribution in [3.63, 3.8) is 0 Å². The zero-order chi connectivity index (χ0) is 15.1. The van der Waals surface area contributed by atoms with E-state index in [-0.39, 0.29) is 5.56 Å². The molecule has 0 aliphatic heterocycles. The molecule has 108 valence electrons. The van der Waals surface area contributed by atoms with E-state index >= 15 is 0 Å². The zero-order valence-electron chi connectivity index (χ0n) is 11.1. The summed E-state index contributed by atoms with van der Waals surface area (Å²) >= 11 is 2.77. The highest BCUT2D eigenvalue weighted by molar-refractivity contribution is 7.19. The highest BCUT2D eigenvalue weighted by Gasteiger charge is 2.14. The van der Waals surface area contributed by atoms with Crippen LogP contribution >= 0.6 is 22.7 Å². The zero-order valence-corrected chi connectivity index (χ0v) is 12.8. The van der Waals surface area contributed by atoms with Gasteiger partial charge in [-0.25, -0.2) is 0 Å². The molecule has 0 aliphatic rings. The maximum Gasteiger partial charge on any atom is 0.302 e. The molecule has 0 amide bonds. The van der Waals surface area contributed by atoms with Crippen molar-refractivity contribution in [3.05, 3.63) is 52.1 Å². The Morgan fingerprint density at radius 3 is 2.64 bits per heavy atom. The van der Waals surface area contributed by atoms with E-state index in [4.69, 9.17) is 5.73 Å². The first-order valence-corrected chi connectivity index (χ1v) is 8.08. The van der Waals surface area contributed by atoms with Crippen LogP contribution in [0.4, 0.5) is 5.69 Å². The fourth-order valence-corrected chi connectivity index (χ4v) is 3.57. The van der Waals surface area contributed by atoms with Crippen molar-refractivity contribution in [2.45, 2.75) is 0 Å². The van der Waals surface area contributed by atoms with Crippen LogP contribution in [0.25, 0.3) is 26.1 Å².